The molecule has 0 bridgehead atoms. The Hall–Kier alpha value is -1.95. The summed E-state index contributed by atoms with van der Waals surface area (Å²) in [6, 6.07) is 4.88. The number of fused-ring (bicyclic) bond motifs is 1. The normalized spacial score (nSPS) is 24.8. The molecule has 2 aliphatic heterocycles. The number of rotatable bonds is 2. The summed E-state index contributed by atoms with van der Waals surface area (Å²) in [5.74, 6) is 0.539. The SMILES string of the molecule is Cc1cc(C(=O)N2CC[C@H]3CNC[C@H]32)ccc1[N+](=O)[O-]. The van der Waals surface area contributed by atoms with E-state index < -0.39 is 4.92 Å². The average molecular weight is 275 g/mol. The Kier molecular flexibility index (Phi) is 3.17. The molecule has 1 aromatic rings. The van der Waals surface area contributed by atoms with E-state index in [4.69, 9.17) is 0 Å². The number of nitro benzene ring substituents is 1. The third kappa shape index (κ3) is 2.06. The van der Waals surface area contributed by atoms with Crippen molar-refractivity contribution in [2.75, 3.05) is 19.6 Å². The van der Waals surface area contributed by atoms with Crippen molar-refractivity contribution in [1.82, 2.24) is 10.2 Å². The zero-order valence-corrected chi connectivity index (χ0v) is 11.3. The standard InChI is InChI=1S/C14H17N3O3/c1-9-6-10(2-3-12(9)17(19)20)14(18)16-5-4-11-7-15-8-13(11)16/h2-3,6,11,13,15H,4-5,7-8H2,1H3/t11-,13+/m0/s1. The fraction of sp³-hybridized carbons (Fsp3) is 0.500. The molecule has 2 saturated heterocycles. The summed E-state index contributed by atoms with van der Waals surface area (Å²) in [6.45, 7) is 4.28. The second-order valence-electron chi connectivity index (χ2n) is 5.53. The Morgan fingerprint density at radius 1 is 1.45 bits per heavy atom. The third-order valence-corrected chi connectivity index (χ3v) is 4.35. The van der Waals surface area contributed by atoms with Crippen LogP contribution in [0.1, 0.15) is 22.3 Å². The average Bonchev–Trinajstić information content (AvgIpc) is 2.99. The maximum Gasteiger partial charge on any atom is 0.272 e. The Morgan fingerprint density at radius 3 is 2.95 bits per heavy atom. The van der Waals surface area contributed by atoms with E-state index in [9.17, 15) is 14.9 Å². The second-order valence-corrected chi connectivity index (χ2v) is 5.53. The summed E-state index contributed by atoms with van der Waals surface area (Å²) >= 11 is 0. The van der Waals surface area contributed by atoms with Gasteiger partial charge >= 0.3 is 0 Å². The number of likely N-dealkylation sites (tertiary alicyclic amines) is 1. The summed E-state index contributed by atoms with van der Waals surface area (Å²) in [5.41, 5.74) is 1.13. The van der Waals surface area contributed by atoms with Crippen molar-refractivity contribution in [3.8, 4) is 0 Å². The largest absolute Gasteiger partial charge is 0.334 e. The zero-order valence-electron chi connectivity index (χ0n) is 11.3. The number of nitrogens with zero attached hydrogens (tertiary/aromatic N) is 2. The van der Waals surface area contributed by atoms with Crippen LogP contribution in [0.2, 0.25) is 0 Å². The molecule has 0 aromatic heterocycles. The molecule has 1 aromatic carbocycles. The molecular formula is C14H17N3O3. The minimum absolute atomic E-state index is 0.0146. The summed E-state index contributed by atoms with van der Waals surface area (Å²) in [4.78, 5) is 24.8. The van der Waals surface area contributed by atoms with E-state index in [1.165, 1.54) is 6.07 Å². The van der Waals surface area contributed by atoms with Gasteiger partial charge in [-0.05, 0) is 31.4 Å². The van der Waals surface area contributed by atoms with Crippen molar-refractivity contribution < 1.29 is 9.72 Å². The molecular weight excluding hydrogens is 258 g/mol. The fourth-order valence-electron chi connectivity index (χ4n) is 3.26. The van der Waals surface area contributed by atoms with Gasteiger partial charge in [0.25, 0.3) is 11.6 Å². The van der Waals surface area contributed by atoms with Gasteiger partial charge in [-0.25, -0.2) is 0 Å². The number of carbonyl (C=O) groups is 1. The summed E-state index contributed by atoms with van der Waals surface area (Å²) in [7, 11) is 0. The number of hydrogen-bond acceptors (Lipinski definition) is 4. The predicted molar refractivity (Wildman–Crippen MR) is 73.6 cm³/mol. The molecule has 0 unspecified atom stereocenters. The molecule has 3 rings (SSSR count). The first-order chi connectivity index (χ1) is 9.58. The van der Waals surface area contributed by atoms with Gasteiger partial charge in [0.05, 0.1) is 4.92 Å². The lowest BCUT2D eigenvalue weighted by molar-refractivity contribution is -0.385. The number of carbonyl (C=O) groups excluding carboxylic acids is 1. The van der Waals surface area contributed by atoms with E-state index in [0.29, 0.717) is 17.0 Å². The van der Waals surface area contributed by atoms with Gasteiger partial charge in [0.1, 0.15) is 0 Å². The van der Waals surface area contributed by atoms with E-state index in [1.54, 1.807) is 19.1 Å². The van der Waals surface area contributed by atoms with Crippen molar-refractivity contribution in [2.45, 2.75) is 19.4 Å². The Balaban J connectivity index is 1.84. The van der Waals surface area contributed by atoms with E-state index in [0.717, 1.165) is 26.1 Å². The maximum absolute atomic E-state index is 12.6. The van der Waals surface area contributed by atoms with Crippen molar-refractivity contribution >= 4 is 11.6 Å². The quantitative estimate of drug-likeness (QED) is 0.652. The van der Waals surface area contributed by atoms with Gasteiger partial charge in [0.2, 0.25) is 0 Å². The summed E-state index contributed by atoms with van der Waals surface area (Å²) < 4.78 is 0. The van der Waals surface area contributed by atoms with Crippen LogP contribution < -0.4 is 5.32 Å². The molecule has 2 heterocycles. The summed E-state index contributed by atoms with van der Waals surface area (Å²) in [6.07, 6.45) is 1.04. The fourth-order valence-corrected chi connectivity index (χ4v) is 3.26. The van der Waals surface area contributed by atoms with E-state index in [2.05, 4.69) is 5.32 Å². The predicted octanol–water partition coefficient (Wildman–Crippen LogP) is 1.34. The van der Waals surface area contributed by atoms with Crippen LogP contribution in [0.3, 0.4) is 0 Å². The number of aryl methyl sites for hydroxylation is 1. The van der Waals surface area contributed by atoms with Crippen molar-refractivity contribution in [2.24, 2.45) is 5.92 Å². The van der Waals surface area contributed by atoms with Crippen LogP contribution in [-0.2, 0) is 0 Å². The van der Waals surface area contributed by atoms with Crippen LogP contribution in [0.5, 0.6) is 0 Å². The van der Waals surface area contributed by atoms with Gasteiger partial charge in [-0.1, -0.05) is 0 Å². The Labute approximate surface area is 116 Å². The van der Waals surface area contributed by atoms with Gasteiger partial charge < -0.3 is 10.2 Å². The molecule has 20 heavy (non-hydrogen) atoms. The molecule has 106 valence electrons. The molecule has 6 heteroatoms. The van der Waals surface area contributed by atoms with Crippen LogP contribution in [0.25, 0.3) is 0 Å². The lowest BCUT2D eigenvalue weighted by Gasteiger charge is -2.23. The van der Waals surface area contributed by atoms with Crippen molar-refractivity contribution in [3.63, 3.8) is 0 Å². The smallest absolute Gasteiger partial charge is 0.272 e. The monoisotopic (exact) mass is 275 g/mol. The molecule has 6 nitrogen and oxygen atoms in total. The van der Waals surface area contributed by atoms with Crippen molar-refractivity contribution in [3.05, 3.63) is 39.4 Å². The lowest BCUT2D eigenvalue weighted by Crippen LogP contribution is -2.39. The van der Waals surface area contributed by atoms with E-state index >= 15 is 0 Å². The molecule has 2 fully saturated rings. The molecule has 2 atom stereocenters. The highest BCUT2D eigenvalue weighted by atomic mass is 16.6. The number of nitro groups is 1. The van der Waals surface area contributed by atoms with E-state index in [-0.39, 0.29) is 17.6 Å². The zero-order chi connectivity index (χ0) is 14.3. The minimum Gasteiger partial charge on any atom is -0.334 e. The first-order valence-electron chi connectivity index (χ1n) is 6.84. The summed E-state index contributed by atoms with van der Waals surface area (Å²) in [5, 5.41) is 14.1. The molecule has 0 aliphatic carbocycles. The highest BCUT2D eigenvalue weighted by molar-refractivity contribution is 5.95. The van der Waals surface area contributed by atoms with Crippen LogP contribution >= 0.6 is 0 Å². The van der Waals surface area contributed by atoms with E-state index in [1.807, 2.05) is 4.90 Å². The number of hydrogen-bond donors (Lipinski definition) is 1. The third-order valence-electron chi connectivity index (χ3n) is 4.35. The molecule has 0 saturated carbocycles. The van der Waals surface area contributed by atoms with Crippen LogP contribution in [0.4, 0.5) is 5.69 Å². The second kappa shape index (κ2) is 4.86. The Bertz CT molecular complexity index is 573. The van der Waals surface area contributed by atoms with Gasteiger partial charge in [0.15, 0.2) is 0 Å². The first-order valence-corrected chi connectivity index (χ1v) is 6.84. The molecule has 2 aliphatic rings. The number of nitrogens with one attached hydrogen (secondary N) is 1. The lowest BCUT2D eigenvalue weighted by atomic mass is 10.0. The molecule has 0 radical (unpaired) electrons. The highest BCUT2D eigenvalue weighted by Gasteiger charge is 2.40. The number of amides is 1. The maximum atomic E-state index is 12.6. The Morgan fingerprint density at radius 2 is 2.25 bits per heavy atom. The van der Waals surface area contributed by atoms with Gasteiger partial charge in [0, 0.05) is 42.9 Å². The van der Waals surface area contributed by atoms with Gasteiger partial charge in [-0.15, -0.1) is 0 Å². The molecule has 1 N–H and O–H groups in total. The number of benzene rings is 1. The highest BCUT2D eigenvalue weighted by Crippen LogP contribution is 2.29. The van der Waals surface area contributed by atoms with Crippen LogP contribution in [0, 0.1) is 23.0 Å². The molecule has 0 spiro atoms. The first kappa shape index (κ1) is 13.1. The van der Waals surface area contributed by atoms with Crippen LogP contribution in [0.15, 0.2) is 18.2 Å². The van der Waals surface area contributed by atoms with Crippen LogP contribution in [-0.4, -0.2) is 41.4 Å². The van der Waals surface area contributed by atoms with Gasteiger partial charge in [-0.3, -0.25) is 14.9 Å². The minimum atomic E-state index is -0.420. The van der Waals surface area contributed by atoms with Gasteiger partial charge in [-0.2, -0.15) is 0 Å². The topological polar surface area (TPSA) is 75.5 Å². The molecule has 1 amide bonds. The van der Waals surface area contributed by atoms with Crippen molar-refractivity contribution in [1.29, 1.82) is 0 Å².